The minimum absolute atomic E-state index is 0.104. The topological polar surface area (TPSA) is 72.7 Å². The second-order valence-electron chi connectivity index (χ2n) is 5.27. The smallest absolute Gasteiger partial charge is 0.230 e. The minimum atomic E-state index is -0.287. The van der Waals surface area contributed by atoms with Gasteiger partial charge in [0, 0.05) is 0 Å². The Hall–Kier alpha value is -1.96. The lowest BCUT2D eigenvalue weighted by molar-refractivity contribution is -0.119. The predicted octanol–water partition coefficient (Wildman–Crippen LogP) is 2.12. The van der Waals surface area contributed by atoms with Crippen LogP contribution in [0, 0.1) is 5.82 Å². The number of tetrazole rings is 1. The molecule has 1 unspecified atom stereocenters. The van der Waals surface area contributed by atoms with E-state index < -0.39 is 0 Å². The van der Waals surface area contributed by atoms with Crippen molar-refractivity contribution < 1.29 is 9.18 Å². The van der Waals surface area contributed by atoms with Crippen molar-refractivity contribution in [3.8, 4) is 0 Å². The summed E-state index contributed by atoms with van der Waals surface area (Å²) in [5.74, 6) is -0.143. The Kier molecular flexibility index (Phi) is 4.37. The molecule has 2 aromatic rings. The fraction of sp³-hybridized carbons (Fsp3) is 0.429. The number of nitrogens with one attached hydrogen (secondary N) is 1. The molecule has 0 spiro atoms. The fourth-order valence-electron chi connectivity index (χ4n) is 2.08. The van der Waals surface area contributed by atoms with Crippen LogP contribution in [0.3, 0.4) is 0 Å². The Labute approximate surface area is 131 Å². The Bertz CT molecular complexity index is 656. The molecular weight excluding hydrogens is 305 g/mol. The van der Waals surface area contributed by atoms with Gasteiger partial charge in [-0.1, -0.05) is 23.9 Å². The summed E-state index contributed by atoms with van der Waals surface area (Å²) < 4.78 is 14.7. The van der Waals surface area contributed by atoms with Gasteiger partial charge in [0.25, 0.3) is 0 Å². The summed E-state index contributed by atoms with van der Waals surface area (Å²) in [6.45, 7) is 1.87. The molecule has 1 heterocycles. The summed E-state index contributed by atoms with van der Waals surface area (Å²) in [5, 5.41) is 15.1. The van der Waals surface area contributed by atoms with Gasteiger partial charge in [-0.2, -0.15) is 0 Å². The third-order valence-corrected chi connectivity index (χ3v) is 4.37. The second kappa shape index (κ2) is 6.43. The molecule has 1 N–H and O–H groups in total. The van der Waals surface area contributed by atoms with Gasteiger partial charge in [-0.25, -0.2) is 9.07 Å². The molecule has 1 aromatic carbocycles. The molecule has 1 aliphatic rings. The van der Waals surface area contributed by atoms with E-state index in [1.54, 1.807) is 16.8 Å². The number of aromatic nitrogens is 4. The number of carbonyl (C=O) groups is 1. The maximum absolute atomic E-state index is 12.9. The van der Waals surface area contributed by atoms with Gasteiger partial charge in [0.2, 0.25) is 11.1 Å². The van der Waals surface area contributed by atoms with Crippen LogP contribution in [0.2, 0.25) is 0 Å². The van der Waals surface area contributed by atoms with Crippen LogP contribution >= 0.6 is 11.8 Å². The van der Waals surface area contributed by atoms with E-state index in [1.807, 2.05) is 6.92 Å². The number of benzene rings is 1. The molecule has 1 atom stereocenters. The SMILES string of the molecule is CC(NC(=O)CSc1nnnn1C1CC1)c1ccc(F)cc1. The number of hydrogen-bond donors (Lipinski definition) is 1. The van der Waals surface area contributed by atoms with Crippen molar-refractivity contribution in [3.63, 3.8) is 0 Å². The zero-order chi connectivity index (χ0) is 15.5. The first-order valence-corrected chi connectivity index (χ1v) is 8.07. The van der Waals surface area contributed by atoms with Crippen molar-refractivity contribution in [1.29, 1.82) is 0 Å². The molecule has 3 rings (SSSR count). The van der Waals surface area contributed by atoms with E-state index in [0.29, 0.717) is 11.2 Å². The number of hydrogen-bond acceptors (Lipinski definition) is 5. The molecule has 0 aliphatic heterocycles. The second-order valence-corrected chi connectivity index (χ2v) is 6.21. The maximum Gasteiger partial charge on any atom is 0.230 e. The highest BCUT2D eigenvalue weighted by Gasteiger charge is 2.28. The number of rotatable bonds is 6. The Morgan fingerprint density at radius 2 is 2.18 bits per heavy atom. The summed E-state index contributed by atoms with van der Waals surface area (Å²) in [5.41, 5.74) is 0.863. The number of amides is 1. The highest BCUT2D eigenvalue weighted by Crippen LogP contribution is 2.36. The summed E-state index contributed by atoms with van der Waals surface area (Å²) in [6, 6.07) is 6.32. The molecule has 8 heteroatoms. The fourth-order valence-corrected chi connectivity index (χ4v) is 2.83. The number of thioether (sulfide) groups is 1. The molecule has 0 bridgehead atoms. The molecular formula is C14H16FN5OS. The predicted molar refractivity (Wildman–Crippen MR) is 79.8 cm³/mol. The van der Waals surface area contributed by atoms with Gasteiger partial charge in [-0.3, -0.25) is 4.79 Å². The van der Waals surface area contributed by atoms with Gasteiger partial charge in [-0.05, 0) is 47.9 Å². The van der Waals surface area contributed by atoms with Crippen LogP contribution in [0.4, 0.5) is 4.39 Å². The first kappa shape index (κ1) is 15.0. The van der Waals surface area contributed by atoms with Crippen LogP contribution in [-0.2, 0) is 4.79 Å². The average molecular weight is 321 g/mol. The van der Waals surface area contributed by atoms with Crippen molar-refractivity contribution in [3.05, 3.63) is 35.6 Å². The Morgan fingerprint density at radius 1 is 1.45 bits per heavy atom. The van der Waals surface area contributed by atoms with E-state index in [1.165, 1.54) is 23.9 Å². The highest BCUT2D eigenvalue weighted by molar-refractivity contribution is 7.99. The quantitative estimate of drug-likeness (QED) is 0.825. The zero-order valence-corrected chi connectivity index (χ0v) is 12.9. The van der Waals surface area contributed by atoms with Gasteiger partial charge in [0.05, 0.1) is 17.8 Å². The zero-order valence-electron chi connectivity index (χ0n) is 12.1. The molecule has 1 saturated carbocycles. The van der Waals surface area contributed by atoms with Crippen molar-refractivity contribution in [2.75, 3.05) is 5.75 Å². The molecule has 0 radical (unpaired) electrons. The molecule has 116 valence electrons. The van der Waals surface area contributed by atoms with E-state index in [2.05, 4.69) is 20.8 Å². The first-order chi connectivity index (χ1) is 10.6. The van der Waals surface area contributed by atoms with E-state index >= 15 is 0 Å². The molecule has 6 nitrogen and oxygen atoms in total. The Morgan fingerprint density at radius 3 is 2.86 bits per heavy atom. The third kappa shape index (κ3) is 3.62. The highest BCUT2D eigenvalue weighted by atomic mass is 32.2. The number of halogens is 1. The van der Waals surface area contributed by atoms with Gasteiger partial charge < -0.3 is 5.32 Å². The van der Waals surface area contributed by atoms with Crippen molar-refractivity contribution >= 4 is 17.7 Å². The molecule has 1 amide bonds. The van der Waals surface area contributed by atoms with Crippen LogP contribution in [0.5, 0.6) is 0 Å². The maximum atomic E-state index is 12.9. The van der Waals surface area contributed by atoms with Gasteiger partial charge >= 0.3 is 0 Å². The van der Waals surface area contributed by atoms with Crippen LogP contribution < -0.4 is 5.32 Å². The standard InChI is InChI=1S/C14H16FN5OS/c1-9(10-2-4-11(15)5-3-10)16-13(21)8-22-14-17-18-19-20(14)12-6-7-12/h2-5,9,12H,6-8H2,1H3,(H,16,21). The van der Waals surface area contributed by atoms with Gasteiger partial charge in [0.1, 0.15) is 5.82 Å². The largest absolute Gasteiger partial charge is 0.349 e. The van der Waals surface area contributed by atoms with E-state index in [9.17, 15) is 9.18 Å². The van der Waals surface area contributed by atoms with Crippen LogP contribution in [0.15, 0.2) is 29.4 Å². The summed E-state index contributed by atoms with van der Waals surface area (Å²) in [7, 11) is 0. The van der Waals surface area contributed by atoms with Crippen LogP contribution in [-0.4, -0.2) is 31.9 Å². The molecule has 1 aliphatic carbocycles. The Balaban J connectivity index is 1.51. The van der Waals surface area contributed by atoms with Gasteiger partial charge in [-0.15, -0.1) is 5.10 Å². The van der Waals surface area contributed by atoms with E-state index in [0.717, 1.165) is 18.4 Å². The summed E-state index contributed by atoms with van der Waals surface area (Å²) >= 11 is 1.32. The lowest BCUT2D eigenvalue weighted by atomic mass is 10.1. The van der Waals surface area contributed by atoms with Crippen LogP contribution in [0.1, 0.15) is 37.4 Å². The van der Waals surface area contributed by atoms with Gasteiger partial charge in [0.15, 0.2) is 0 Å². The average Bonchev–Trinajstić information content (AvgIpc) is 3.24. The number of nitrogens with zero attached hydrogens (tertiary/aromatic N) is 4. The third-order valence-electron chi connectivity index (χ3n) is 3.44. The lowest BCUT2D eigenvalue weighted by Gasteiger charge is -2.14. The van der Waals surface area contributed by atoms with E-state index in [-0.39, 0.29) is 23.5 Å². The molecule has 22 heavy (non-hydrogen) atoms. The first-order valence-electron chi connectivity index (χ1n) is 7.09. The summed E-state index contributed by atoms with van der Waals surface area (Å²) in [4.78, 5) is 12.0. The van der Waals surface area contributed by atoms with Crippen molar-refractivity contribution in [2.24, 2.45) is 0 Å². The normalized spacial score (nSPS) is 15.5. The van der Waals surface area contributed by atoms with Crippen molar-refractivity contribution in [2.45, 2.75) is 37.0 Å². The van der Waals surface area contributed by atoms with Crippen molar-refractivity contribution in [1.82, 2.24) is 25.5 Å². The minimum Gasteiger partial charge on any atom is -0.349 e. The molecule has 0 saturated heterocycles. The monoisotopic (exact) mass is 321 g/mol. The number of carbonyl (C=O) groups excluding carboxylic acids is 1. The van der Waals surface area contributed by atoms with E-state index in [4.69, 9.17) is 0 Å². The summed E-state index contributed by atoms with van der Waals surface area (Å²) in [6.07, 6.45) is 2.18. The molecule has 1 aromatic heterocycles. The molecule has 1 fully saturated rings. The van der Waals surface area contributed by atoms with Crippen LogP contribution in [0.25, 0.3) is 0 Å². The lowest BCUT2D eigenvalue weighted by Crippen LogP contribution is -2.28.